The van der Waals surface area contributed by atoms with Gasteiger partial charge in [0.15, 0.2) is 0 Å². The monoisotopic (exact) mass is 210 g/mol. The van der Waals surface area contributed by atoms with Gasteiger partial charge in [-0.3, -0.25) is 4.79 Å². The molecule has 1 aliphatic heterocycles. The molecule has 1 amide bonds. The third kappa shape index (κ3) is 2.36. The normalized spacial score (nSPS) is 20.3. The maximum atomic E-state index is 11.2. The Hall–Kier alpha value is -0.270. The summed E-state index contributed by atoms with van der Waals surface area (Å²) in [6.07, 6.45) is 0.192. The number of hydrogen-bond donors (Lipinski definition) is 1. The van der Waals surface area contributed by atoms with E-state index in [0.29, 0.717) is 13.1 Å². The molecule has 5 nitrogen and oxygen atoms in total. The van der Waals surface area contributed by atoms with Crippen LogP contribution >= 0.6 is 11.8 Å². The Morgan fingerprint density at radius 1 is 1.33 bits per heavy atom. The van der Waals surface area contributed by atoms with Crippen LogP contribution in [0.3, 0.4) is 0 Å². The van der Waals surface area contributed by atoms with Crippen LogP contribution in [-0.4, -0.2) is 43.7 Å². The summed E-state index contributed by atoms with van der Waals surface area (Å²) in [6, 6.07) is 0. The van der Waals surface area contributed by atoms with Crippen LogP contribution in [-0.2, 0) is 15.0 Å². The molecule has 0 bridgehead atoms. The van der Waals surface area contributed by atoms with Crippen molar-refractivity contribution in [3.05, 3.63) is 0 Å². The first-order valence-corrected chi connectivity index (χ1v) is 6.05. The number of hydrogen-bond acceptors (Lipinski definition) is 4. The molecule has 70 valence electrons. The van der Waals surface area contributed by atoms with Gasteiger partial charge in [-0.1, -0.05) is 0 Å². The van der Waals surface area contributed by atoms with Crippen LogP contribution in [0.15, 0.2) is 0 Å². The Morgan fingerprint density at radius 3 is 2.42 bits per heavy atom. The number of carbonyl (C=O) groups excluding carboxylic acids is 1. The summed E-state index contributed by atoms with van der Waals surface area (Å²) in [5.74, 6) is 1.58. The molecule has 0 aromatic carbocycles. The van der Waals surface area contributed by atoms with Gasteiger partial charge < -0.3 is 0 Å². The second kappa shape index (κ2) is 4.11. The largest absolute Gasteiger partial charge is 0.303 e. The average molecular weight is 210 g/mol. The quantitative estimate of drug-likeness (QED) is 0.608. The molecule has 1 saturated heterocycles. The smallest absolute Gasteiger partial charge is 0.278 e. The summed E-state index contributed by atoms with van der Waals surface area (Å²) in [6.45, 7) is 0.960. The molecule has 0 spiro atoms. The zero-order valence-electron chi connectivity index (χ0n) is 6.39. The van der Waals surface area contributed by atoms with Gasteiger partial charge in [-0.25, -0.2) is 4.72 Å². The molecule has 1 N–H and O–H groups in total. The first kappa shape index (κ1) is 9.82. The van der Waals surface area contributed by atoms with Gasteiger partial charge in [0.2, 0.25) is 6.41 Å². The molecule has 0 unspecified atom stereocenters. The molecule has 0 saturated carbocycles. The highest BCUT2D eigenvalue weighted by Crippen LogP contribution is 2.11. The molecule has 1 aliphatic rings. The molecular weight excluding hydrogens is 200 g/mol. The minimum absolute atomic E-state index is 0.192. The molecule has 1 rings (SSSR count). The molecule has 12 heavy (non-hydrogen) atoms. The fraction of sp³-hybridized carbons (Fsp3) is 0.800. The highest BCUT2D eigenvalue weighted by atomic mass is 32.2. The van der Waals surface area contributed by atoms with Gasteiger partial charge in [-0.2, -0.15) is 24.5 Å². The summed E-state index contributed by atoms with van der Waals surface area (Å²) in [5, 5.41) is 0. The molecule has 0 atom stereocenters. The lowest BCUT2D eigenvalue weighted by atomic mass is 10.6. The standard InChI is InChI=1S/C5H10N2O3S2/c8-5-6-12(9,10)7-1-3-11-4-2-7/h5H,1-4H2,(H,6,8). The van der Waals surface area contributed by atoms with E-state index in [1.807, 2.05) is 0 Å². The summed E-state index contributed by atoms with van der Waals surface area (Å²) >= 11 is 1.71. The van der Waals surface area contributed by atoms with Gasteiger partial charge in [-0.05, 0) is 0 Å². The van der Waals surface area contributed by atoms with Crippen molar-refractivity contribution in [3.8, 4) is 0 Å². The van der Waals surface area contributed by atoms with Gasteiger partial charge in [-0.15, -0.1) is 0 Å². The number of nitrogens with one attached hydrogen (secondary N) is 1. The molecule has 0 radical (unpaired) electrons. The second-order valence-electron chi connectivity index (χ2n) is 2.25. The van der Waals surface area contributed by atoms with Crippen molar-refractivity contribution in [3.63, 3.8) is 0 Å². The fourth-order valence-electron chi connectivity index (χ4n) is 0.922. The van der Waals surface area contributed by atoms with Crippen molar-refractivity contribution in [2.75, 3.05) is 24.6 Å². The Balaban J connectivity index is 2.60. The third-order valence-corrected chi connectivity index (χ3v) is 3.89. The van der Waals surface area contributed by atoms with Crippen molar-refractivity contribution < 1.29 is 13.2 Å². The van der Waals surface area contributed by atoms with E-state index in [1.165, 1.54) is 4.31 Å². The van der Waals surface area contributed by atoms with Crippen molar-refractivity contribution in [2.45, 2.75) is 0 Å². The van der Waals surface area contributed by atoms with Crippen LogP contribution in [0.5, 0.6) is 0 Å². The Morgan fingerprint density at radius 2 is 1.92 bits per heavy atom. The van der Waals surface area contributed by atoms with Gasteiger partial charge in [0.05, 0.1) is 0 Å². The van der Waals surface area contributed by atoms with E-state index >= 15 is 0 Å². The fourth-order valence-corrected chi connectivity index (χ4v) is 2.99. The highest BCUT2D eigenvalue weighted by molar-refractivity contribution is 7.99. The van der Waals surface area contributed by atoms with Crippen molar-refractivity contribution in [1.82, 2.24) is 9.03 Å². The summed E-state index contributed by atoms with van der Waals surface area (Å²) in [5.41, 5.74) is 0. The predicted octanol–water partition coefficient (Wildman–Crippen LogP) is -0.974. The molecule has 7 heteroatoms. The van der Waals surface area contributed by atoms with Crippen molar-refractivity contribution in [1.29, 1.82) is 0 Å². The van der Waals surface area contributed by atoms with Crippen LogP contribution < -0.4 is 4.72 Å². The van der Waals surface area contributed by atoms with Crippen molar-refractivity contribution in [2.24, 2.45) is 0 Å². The Labute approximate surface area is 75.7 Å². The van der Waals surface area contributed by atoms with E-state index in [2.05, 4.69) is 0 Å². The maximum Gasteiger partial charge on any atom is 0.303 e. The van der Waals surface area contributed by atoms with E-state index in [0.717, 1.165) is 11.5 Å². The van der Waals surface area contributed by atoms with Gasteiger partial charge >= 0.3 is 10.2 Å². The lowest BCUT2D eigenvalue weighted by Gasteiger charge is -2.24. The lowest BCUT2D eigenvalue weighted by Crippen LogP contribution is -2.44. The highest BCUT2D eigenvalue weighted by Gasteiger charge is 2.22. The molecular formula is C5H10N2O3S2. The van der Waals surface area contributed by atoms with Crippen LogP contribution in [0.1, 0.15) is 0 Å². The maximum absolute atomic E-state index is 11.2. The van der Waals surface area contributed by atoms with E-state index < -0.39 is 10.2 Å². The first-order valence-electron chi connectivity index (χ1n) is 3.45. The van der Waals surface area contributed by atoms with Crippen molar-refractivity contribution >= 4 is 28.4 Å². The van der Waals surface area contributed by atoms with Crippen LogP contribution in [0.2, 0.25) is 0 Å². The summed E-state index contributed by atoms with van der Waals surface area (Å²) < 4.78 is 25.4. The molecule has 0 aromatic heterocycles. The number of rotatable bonds is 3. The van der Waals surface area contributed by atoms with E-state index in [1.54, 1.807) is 16.5 Å². The zero-order chi connectivity index (χ0) is 9.03. The predicted molar refractivity (Wildman–Crippen MR) is 47.0 cm³/mol. The third-order valence-electron chi connectivity index (χ3n) is 1.51. The van der Waals surface area contributed by atoms with E-state index in [9.17, 15) is 13.2 Å². The SMILES string of the molecule is O=CNS(=O)(=O)N1CCSCC1. The number of nitrogens with zero attached hydrogens (tertiary/aromatic N) is 1. The summed E-state index contributed by atoms with van der Waals surface area (Å²) in [4.78, 5) is 9.94. The average Bonchev–Trinajstić information content (AvgIpc) is 2.06. The summed E-state index contributed by atoms with van der Waals surface area (Å²) in [7, 11) is -3.53. The Bertz CT molecular complexity index is 245. The molecule has 1 fully saturated rings. The van der Waals surface area contributed by atoms with Crippen LogP contribution in [0.25, 0.3) is 0 Å². The number of thioether (sulfide) groups is 1. The second-order valence-corrected chi connectivity index (χ2v) is 5.18. The molecule has 1 heterocycles. The zero-order valence-corrected chi connectivity index (χ0v) is 8.03. The number of amides is 1. The lowest BCUT2D eigenvalue weighted by molar-refractivity contribution is -0.108. The van der Waals surface area contributed by atoms with Gasteiger partial charge in [0, 0.05) is 24.6 Å². The van der Waals surface area contributed by atoms with Crippen LogP contribution in [0, 0.1) is 0 Å². The van der Waals surface area contributed by atoms with Gasteiger partial charge in [0.1, 0.15) is 0 Å². The van der Waals surface area contributed by atoms with E-state index in [-0.39, 0.29) is 6.41 Å². The molecule has 0 aromatic rings. The minimum atomic E-state index is -3.53. The first-order chi connectivity index (χ1) is 5.67. The van der Waals surface area contributed by atoms with Crippen LogP contribution in [0.4, 0.5) is 0 Å². The van der Waals surface area contributed by atoms with E-state index in [4.69, 9.17) is 0 Å². The topological polar surface area (TPSA) is 66.5 Å². The van der Waals surface area contributed by atoms with Gasteiger partial charge in [0.25, 0.3) is 0 Å². The molecule has 0 aliphatic carbocycles. The Kier molecular flexibility index (Phi) is 3.36. The number of carbonyl (C=O) groups is 1. The minimum Gasteiger partial charge on any atom is -0.278 e.